The van der Waals surface area contributed by atoms with E-state index >= 15 is 0 Å². The maximum Gasteiger partial charge on any atom is 0.127 e. The second-order valence-corrected chi connectivity index (χ2v) is 7.39. The van der Waals surface area contributed by atoms with E-state index in [0.29, 0.717) is 5.75 Å². The highest BCUT2D eigenvalue weighted by Crippen LogP contribution is 2.21. The molecule has 0 atom stereocenters. The van der Waals surface area contributed by atoms with Crippen molar-refractivity contribution in [1.82, 2.24) is 0 Å². The number of piperazine rings is 1. The first-order valence-electron chi connectivity index (χ1n) is 8.41. The number of halogens is 1. The highest BCUT2D eigenvalue weighted by Gasteiger charge is 2.24. The number of phenols is 1. The number of hydrogen-bond acceptors (Lipinski definition) is 2. The van der Waals surface area contributed by atoms with Crippen LogP contribution in [0.1, 0.15) is 11.1 Å². The van der Waals surface area contributed by atoms with E-state index in [1.165, 1.54) is 10.5 Å². The topological polar surface area (TPSA) is 38.3 Å². The van der Waals surface area contributed by atoms with Crippen LogP contribution in [0.15, 0.2) is 46.9 Å². The number of phenolic OH excluding ortho intramolecular Hbond substituents is 1. The van der Waals surface area contributed by atoms with Gasteiger partial charge in [-0.05, 0) is 30.3 Å². The van der Waals surface area contributed by atoms with Gasteiger partial charge in [-0.15, -0.1) is 0 Å². The van der Waals surface area contributed by atoms with Crippen LogP contribution in [-0.2, 0) is 13.1 Å². The molecule has 3 N–H and O–H groups in total. The number of ether oxygens (including phenoxy) is 1. The second-order valence-electron chi connectivity index (χ2n) is 6.47. The van der Waals surface area contributed by atoms with Crippen LogP contribution in [-0.4, -0.2) is 38.4 Å². The summed E-state index contributed by atoms with van der Waals surface area (Å²) in [6.07, 6.45) is 0. The summed E-state index contributed by atoms with van der Waals surface area (Å²) in [5, 5.41) is 10.1. The van der Waals surface area contributed by atoms with Crippen molar-refractivity contribution in [3.8, 4) is 11.5 Å². The van der Waals surface area contributed by atoms with Crippen LogP contribution in [0.2, 0.25) is 0 Å². The zero-order valence-electron chi connectivity index (χ0n) is 14.0. The van der Waals surface area contributed by atoms with Gasteiger partial charge in [-0.1, -0.05) is 28.1 Å². The smallest absolute Gasteiger partial charge is 0.127 e. The minimum atomic E-state index is 0.368. The van der Waals surface area contributed by atoms with Crippen LogP contribution in [0.3, 0.4) is 0 Å². The lowest BCUT2D eigenvalue weighted by Crippen LogP contribution is -3.27. The van der Waals surface area contributed by atoms with Crippen LogP contribution in [0.4, 0.5) is 0 Å². The summed E-state index contributed by atoms with van der Waals surface area (Å²) in [5.41, 5.74) is 2.36. The lowest BCUT2D eigenvalue weighted by molar-refractivity contribution is -1.02. The molecule has 1 aliphatic rings. The first kappa shape index (κ1) is 17.3. The van der Waals surface area contributed by atoms with Gasteiger partial charge in [0, 0.05) is 10.0 Å². The first-order valence-corrected chi connectivity index (χ1v) is 9.21. The van der Waals surface area contributed by atoms with Crippen molar-refractivity contribution < 1.29 is 19.6 Å². The molecule has 0 unspecified atom stereocenters. The molecule has 3 rings (SSSR count). The van der Waals surface area contributed by atoms with Gasteiger partial charge in [-0.3, -0.25) is 0 Å². The van der Waals surface area contributed by atoms with Gasteiger partial charge in [0.1, 0.15) is 50.8 Å². The fraction of sp³-hybridized carbons (Fsp3) is 0.368. The molecule has 0 spiro atoms. The average Bonchev–Trinajstić information content (AvgIpc) is 2.60. The van der Waals surface area contributed by atoms with Crippen LogP contribution in [0.5, 0.6) is 11.5 Å². The van der Waals surface area contributed by atoms with Crippen molar-refractivity contribution >= 4 is 15.9 Å². The Kier molecular flexibility index (Phi) is 5.76. The first-order chi connectivity index (χ1) is 11.6. The maximum absolute atomic E-state index is 10.1. The van der Waals surface area contributed by atoms with Crippen LogP contribution in [0, 0.1) is 0 Å². The van der Waals surface area contributed by atoms with E-state index in [2.05, 4.69) is 40.2 Å². The number of quaternary nitrogens is 2. The quantitative estimate of drug-likeness (QED) is 0.698. The third-order valence-electron chi connectivity index (χ3n) is 4.76. The number of aromatic hydroxyl groups is 1. The molecule has 2 aromatic carbocycles. The van der Waals surface area contributed by atoms with Gasteiger partial charge in [-0.2, -0.15) is 0 Å². The summed E-state index contributed by atoms with van der Waals surface area (Å²) >= 11 is 3.49. The third kappa shape index (κ3) is 4.50. The Labute approximate surface area is 151 Å². The van der Waals surface area contributed by atoms with E-state index in [9.17, 15) is 5.11 Å². The molecule has 0 aliphatic carbocycles. The molecule has 128 valence electrons. The van der Waals surface area contributed by atoms with Gasteiger partial charge in [0.2, 0.25) is 0 Å². The lowest BCUT2D eigenvalue weighted by Gasteiger charge is -2.30. The number of nitrogens with one attached hydrogen (secondary N) is 2. The predicted octanol–water partition coefficient (Wildman–Crippen LogP) is 0.647. The summed E-state index contributed by atoms with van der Waals surface area (Å²) in [7, 11) is 1.66. The van der Waals surface area contributed by atoms with E-state index in [1.54, 1.807) is 24.1 Å². The summed E-state index contributed by atoms with van der Waals surface area (Å²) < 4.78 is 6.40. The second kappa shape index (κ2) is 8.01. The Morgan fingerprint density at radius 3 is 2.21 bits per heavy atom. The van der Waals surface area contributed by atoms with E-state index < -0.39 is 0 Å². The van der Waals surface area contributed by atoms with Gasteiger partial charge < -0.3 is 19.6 Å². The molecule has 0 bridgehead atoms. The third-order valence-corrected chi connectivity index (χ3v) is 5.29. The van der Waals surface area contributed by atoms with Crippen molar-refractivity contribution in [3.05, 3.63) is 58.1 Å². The molecule has 5 heteroatoms. The molecule has 1 heterocycles. The molecule has 0 radical (unpaired) electrons. The van der Waals surface area contributed by atoms with Gasteiger partial charge >= 0.3 is 0 Å². The van der Waals surface area contributed by atoms with Gasteiger partial charge in [0.05, 0.1) is 12.7 Å². The molecule has 2 aromatic rings. The summed E-state index contributed by atoms with van der Waals surface area (Å²) in [4.78, 5) is 3.16. The van der Waals surface area contributed by atoms with Gasteiger partial charge in [0.15, 0.2) is 0 Å². The number of benzene rings is 2. The lowest BCUT2D eigenvalue weighted by atomic mass is 10.1. The van der Waals surface area contributed by atoms with Crippen molar-refractivity contribution in [2.75, 3.05) is 33.3 Å². The summed E-state index contributed by atoms with van der Waals surface area (Å²) in [6, 6.07) is 14.1. The molecular weight excluding hydrogens is 368 g/mol. The number of methoxy groups -OCH3 is 1. The minimum Gasteiger partial charge on any atom is -0.507 e. The van der Waals surface area contributed by atoms with Crippen molar-refractivity contribution in [2.24, 2.45) is 0 Å². The normalized spacial score (nSPS) is 20.8. The fourth-order valence-corrected chi connectivity index (χ4v) is 3.57. The molecule has 24 heavy (non-hydrogen) atoms. The van der Waals surface area contributed by atoms with E-state index in [4.69, 9.17) is 4.74 Å². The standard InChI is InChI=1S/C19H23BrN2O2/c1-24-18-6-7-19(23)16(12-18)14-22-10-8-21(9-11-22)13-15-2-4-17(20)5-3-15/h2-7,12,23H,8-11,13-14H2,1H3/p+2. The minimum absolute atomic E-state index is 0.368. The van der Waals surface area contributed by atoms with E-state index in [1.807, 2.05) is 6.07 Å². The molecule has 0 aromatic heterocycles. The zero-order valence-corrected chi connectivity index (χ0v) is 15.6. The molecule has 1 fully saturated rings. The molecule has 1 aliphatic heterocycles. The molecule has 1 saturated heterocycles. The van der Waals surface area contributed by atoms with Crippen LogP contribution < -0.4 is 14.5 Å². The Morgan fingerprint density at radius 2 is 1.58 bits per heavy atom. The fourth-order valence-electron chi connectivity index (χ4n) is 3.30. The van der Waals surface area contributed by atoms with Gasteiger partial charge in [0.25, 0.3) is 0 Å². The largest absolute Gasteiger partial charge is 0.507 e. The number of hydrogen-bond donors (Lipinski definition) is 3. The summed E-state index contributed by atoms with van der Waals surface area (Å²) in [5.74, 6) is 1.18. The molecule has 0 amide bonds. The molecule has 4 nitrogen and oxygen atoms in total. The zero-order chi connectivity index (χ0) is 16.9. The Morgan fingerprint density at radius 1 is 0.958 bits per heavy atom. The Bertz CT molecular complexity index is 668. The maximum atomic E-state index is 10.1. The Hall–Kier alpha value is -1.56. The summed E-state index contributed by atoms with van der Waals surface area (Å²) in [6.45, 7) is 6.52. The van der Waals surface area contributed by atoms with Crippen LogP contribution >= 0.6 is 15.9 Å². The van der Waals surface area contributed by atoms with E-state index in [0.717, 1.165) is 55.1 Å². The van der Waals surface area contributed by atoms with Crippen molar-refractivity contribution in [1.29, 1.82) is 0 Å². The SMILES string of the molecule is COc1ccc(O)c(C[NH+]2CC[NH+](Cc3ccc(Br)cc3)CC2)c1. The van der Waals surface area contributed by atoms with E-state index in [-0.39, 0.29) is 0 Å². The Balaban J connectivity index is 1.52. The highest BCUT2D eigenvalue weighted by molar-refractivity contribution is 9.10. The highest BCUT2D eigenvalue weighted by atomic mass is 79.9. The number of rotatable bonds is 5. The van der Waals surface area contributed by atoms with Crippen LogP contribution in [0.25, 0.3) is 0 Å². The monoisotopic (exact) mass is 392 g/mol. The molecule has 0 saturated carbocycles. The average molecular weight is 393 g/mol. The van der Waals surface area contributed by atoms with Crippen molar-refractivity contribution in [2.45, 2.75) is 13.1 Å². The predicted molar refractivity (Wildman–Crippen MR) is 97.6 cm³/mol. The van der Waals surface area contributed by atoms with Crippen molar-refractivity contribution in [3.63, 3.8) is 0 Å². The molecular formula is C19H25BrN2O2+2. The van der Waals surface area contributed by atoms with Gasteiger partial charge in [-0.25, -0.2) is 0 Å².